The van der Waals surface area contributed by atoms with Gasteiger partial charge in [0.25, 0.3) is 0 Å². The highest BCUT2D eigenvalue weighted by Gasteiger charge is 2.27. The summed E-state index contributed by atoms with van der Waals surface area (Å²) < 4.78 is 4.51. The molecule has 0 radical (unpaired) electrons. The first kappa shape index (κ1) is 22.9. The van der Waals surface area contributed by atoms with Gasteiger partial charge in [0.2, 0.25) is 0 Å². The molecule has 3 N–H and O–H groups in total. The number of rotatable bonds is 14. The quantitative estimate of drug-likeness (QED) is 0.317. The molecule has 0 spiro atoms. The molecule has 0 bridgehead atoms. The molecule has 0 saturated heterocycles. The molecule has 0 aliphatic carbocycles. The van der Waals surface area contributed by atoms with Gasteiger partial charge in [0, 0.05) is 6.42 Å². The minimum Gasteiger partial charge on any atom is -0.481 e. The lowest BCUT2D eigenvalue weighted by atomic mass is 9.86. The maximum Gasteiger partial charge on any atom is 0.306 e. The summed E-state index contributed by atoms with van der Waals surface area (Å²) in [4.78, 5) is 44.5. The van der Waals surface area contributed by atoms with Crippen molar-refractivity contribution >= 4 is 23.9 Å². The Kier molecular flexibility index (Phi) is 11.2. The van der Waals surface area contributed by atoms with Gasteiger partial charge in [-0.05, 0) is 32.1 Å². The number of carboxylic acid groups (broad SMARTS) is 3. The van der Waals surface area contributed by atoms with Crippen LogP contribution in [0.4, 0.5) is 0 Å². The Bertz CT molecular complexity index is 460. The maximum atomic E-state index is 11.4. The molecule has 0 heterocycles. The molecule has 0 aliphatic rings. The maximum absolute atomic E-state index is 11.4. The van der Waals surface area contributed by atoms with Gasteiger partial charge in [0.15, 0.2) is 0 Å². The molecule has 0 aliphatic heterocycles. The highest BCUT2D eigenvalue weighted by molar-refractivity contribution is 5.74. The van der Waals surface area contributed by atoms with Gasteiger partial charge >= 0.3 is 23.9 Å². The van der Waals surface area contributed by atoms with Crippen LogP contribution in [0.2, 0.25) is 0 Å². The molecule has 0 saturated carbocycles. The van der Waals surface area contributed by atoms with E-state index < -0.39 is 35.7 Å². The number of ether oxygens (including phenoxy) is 1. The Hall–Kier alpha value is -2.12. The van der Waals surface area contributed by atoms with Crippen LogP contribution >= 0.6 is 0 Å². The Labute approximate surface area is 147 Å². The van der Waals surface area contributed by atoms with Crippen molar-refractivity contribution < 1.29 is 39.2 Å². The number of methoxy groups -OCH3 is 1. The molecular weight excluding hydrogens is 332 g/mol. The molecule has 0 aromatic rings. The van der Waals surface area contributed by atoms with Gasteiger partial charge in [-0.2, -0.15) is 0 Å². The van der Waals surface area contributed by atoms with Gasteiger partial charge in [-0.3, -0.25) is 19.2 Å². The van der Waals surface area contributed by atoms with E-state index in [9.17, 15) is 29.4 Å². The van der Waals surface area contributed by atoms with E-state index in [1.807, 2.05) is 0 Å². The van der Waals surface area contributed by atoms with Crippen LogP contribution in [-0.4, -0.2) is 46.3 Å². The van der Waals surface area contributed by atoms with Gasteiger partial charge in [-0.15, -0.1) is 0 Å². The number of esters is 1. The van der Waals surface area contributed by atoms with Crippen LogP contribution in [0.3, 0.4) is 0 Å². The summed E-state index contributed by atoms with van der Waals surface area (Å²) >= 11 is 0. The Balaban J connectivity index is 4.44. The smallest absolute Gasteiger partial charge is 0.306 e. The summed E-state index contributed by atoms with van der Waals surface area (Å²) in [5.41, 5.74) is 0. The fraction of sp³-hybridized carbons (Fsp3) is 0.765. The van der Waals surface area contributed by atoms with Crippen LogP contribution in [-0.2, 0) is 23.9 Å². The van der Waals surface area contributed by atoms with Gasteiger partial charge in [-0.25, -0.2) is 0 Å². The molecule has 8 heteroatoms. The lowest BCUT2D eigenvalue weighted by molar-refractivity contribution is -0.146. The van der Waals surface area contributed by atoms with E-state index in [2.05, 4.69) is 4.74 Å². The van der Waals surface area contributed by atoms with Crippen molar-refractivity contribution in [1.82, 2.24) is 0 Å². The zero-order chi connectivity index (χ0) is 19.4. The monoisotopic (exact) mass is 360 g/mol. The average Bonchev–Trinajstić information content (AvgIpc) is 2.54. The zero-order valence-corrected chi connectivity index (χ0v) is 14.8. The standard InChI is InChI=1S/C17H28O8/c1-11(15(19)20)6-5-8-13(17(23)24)10-12(16(21)22)7-3-4-9-14(18)25-2/h11-13H,3-10H2,1-2H3,(H,19,20)(H,21,22)(H,23,24). The van der Waals surface area contributed by atoms with E-state index in [-0.39, 0.29) is 25.2 Å². The molecule has 25 heavy (non-hydrogen) atoms. The first-order valence-electron chi connectivity index (χ1n) is 8.44. The van der Waals surface area contributed by atoms with Crippen LogP contribution in [0.1, 0.15) is 58.3 Å². The van der Waals surface area contributed by atoms with Crippen molar-refractivity contribution in [1.29, 1.82) is 0 Å². The largest absolute Gasteiger partial charge is 0.481 e. The van der Waals surface area contributed by atoms with E-state index in [1.54, 1.807) is 6.92 Å². The summed E-state index contributed by atoms with van der Waals surface area (Å²) in [5.74, 6) is -5.57. The molecule has 0 aromatic heterocycles. The average molecular weight is 360 g/mol. The third-order valence-electron chi connectivity index (χ3n) is 4.29. The normalized spacial score (nSPS) is 14.3. The summed E-state index contributed by atoms with van der Waals surface area (Å²) in [5, 5.41) is 27.4. The topological polar surface area (TPSA) is 138 Å². The number of unbranched alkanes of at least 4 members (excludes halogenated alkanes) is 1. The van der Waals surface area contributed by atoms with Gasteiger partial charge in [-0.1, -0.05) is 19.8 Å². The molecule has 0 rings (SSSR count). The second kappa shape index (κ2) is 12.3. The summed E-state index contributed by atoms with van der Waals surface area (Å²) in [7, 11) is 1.28. The number of hydrogen-bond acceptors (Lipinski definition) is 5. The molecule has 0 fully saturated rings. The van der Waals surface area contributed by atoms with Crippen molar-refractivity contribution in [3.05, 3.63) is 0 Å². The van der Waals surface area contributed by atoms with Crippen LogP contribution in [0, 0.1) is 17.8 Å². The highest BCUT2D eigenvalue weighted by Crippen LogP contribution is 2.24. The minimum absolute atomic E-state index is 0.00431. The predicted molar refractivity (Wildman–Crippen MR) is 88.0 cm³/mol. The Morgan fingerprint density at radius 3 is 1.76 bits per heavy atom. The van der Waals surface area contributed by atoms with Crippen LogP contribution in [0.5, 0.6) is 0 Å². The number of hydrogen-bond donors (Lipinski definition) is 3. The fourth-order valence-corrected chi connectivity index (χ4v) is 2.58. The van der Waals surface area contributed by atoms with E-state index in [4.69, 9.17) is 5.11 Å². The van der Waals surface area contributed by atoms with Gasteiger partial charge in [0.1, 0.15) is 0 Å². The van der Waals surface area contributed by atoms with E-state index in [1.165, 1.54) is 7.11 Å². The highest BCUT2D eigenvalue weighted by atomic mass is 16.5. The molecule has 3 atom stereocenters. The zero-order valence-electron chi connectivity index (χ0n) is 14.8. The van der Waals surface area contributed by atoms with Gasteiger partial charge < -0.3 is 20.1 Å². The van der Waals surface area contributed by atoms with Gasteiger partial charge in [0.05, 0.1) is 24.9 Å². The Morgan fingerprint density at radius 1 is 0.800 bits per heavy atom. The summed E-state index contributed by atoms with van der Waals surface area (Å²) in [6.07, 6.45) is 2.51. The van der Waals surface area contributed by atoms with E-state index in [0.29, 0.717) is 32.1 Å². The van der Waals surface area contributed by atoms with Crippen molar-refractivity contribution in [2.45, 2.75) is 58.3 Å². The molecule has 0 amide bonds. The lowest BCUT2D eigenvalue weighted by Gasteiger charge is -2.18. The fourth-order valence-electron chi connectivity index (χ4n) is 2.58. The van der Waals surface area contributed by atoms with Crippen LogP contribution in [0.25, 0.3) is 0 Å². The Morgan fingerprint density at radius 2 is 1.32 bits per heavy atom. The third-order valence-corrected chi connectivity index (χ3v) is 4.29. The first-order chi connectivity index (χ1) is 11.7. The first-order valence-corrected chi connectivity index (χ1v) is 8.44. The van der Waals surface area contributed by atoms with Crippen LogP contribution in [0.15, 0.2) is 0 Å². The summed E-state index contributed by atoms with van der Waals surface area (Å²) in [6.45, 7) is 1.56. The van der Waals surface area contributed by atoms with E-state index in [0.717, 1.165) is 0 Å². The lowest BCUT2D eigenvalue weighted by Crippen LogP contribution is -2.23. The molecule has 144 valence electrons. The van der Waals surface area contributed by atoms with Crippen molar-refractivity contribution in [3.63, 3.8) is 0 Å². The minimum atomic E-state index is -1.07. The molecule has 0 aromatic carbocycles. The number of carboxylic acids is 3. The second-order valence-corrected chi connectivity index (χ2v) is 6.30. The van der Waals surface area contributed by atoms with Crippen molar-refractivity contribution in [3.8, 4) is 0 Å². The number of carbonyl (C=O) groups is 4. The van der Waals surface area contributed by atoms with Crippen molar-refractivity contribution in [2.24, 2.45) is 17.8 Å². The molecule has 3 unspecified atom stereocenters. The van der Waals surface area contributed by atoms with E-state index >= 15 is 0 Å². The van der Waals surface area contributed by atoms with Crippen molar-refractivity contribution in [2.75, 3.05) is 7.11 Å². The SMILES string of the molecule is COC(=O)CCCCC(CC(CCCC(C)C(=O)O)C(=O)O)C(=O)O. The molecule has 8 nitrogen and oxygen atoms in total. The predicted octanol–water partition coefficient (Wildman–Crippen LogP) is 2.40. The van der Waals surface area contributed by atoms with Crippen LogP contribution < -0.4 is 0 Å². The molecular formula is C17H28O8. The number of carbonyl (C=O) groups excluding carboxylic acids is 1. The second-order valence-electron chi connectivity index (χ2n) is 6.30. The summed E-state index contributed by atoms with van der Waals surface area (Å²) in [6, 6.07) is 0. The third kappa shape index (κ3) is 10.4. The number of aliphatic carboxylic acids is 3.